The van der Waals surface area contributed by atoms with Crippen LogP contribution in [0.15, 0.2) is 12.1 Å². The SMILES string of the molecule is COCCCNc1ccc(Cl)c(C(=O)O)n1. The molecule has 0 aromatic carbocycles. The van der Waals surface area contributed by atoms with Gasteiger partial charge in [-0.15, -0.1) is 0 Å². The largest absolute Gasteiger partial charge is 0.476 e. The van der Waals surface area contributed by atoms with Gasteiger partial charge in [0.1, 0.15) is 5.82 Å². The second kappa shape index (κ2) is 6.30. The maximum absolute atomic E-state index is 10.8. The zero-order valence-electron chi connectivity index (χ0n) is 8.86. The molecule has 6 heteroatoms. The van der Waals surface area contributed by atoms with Gasteiger partial charge in [-0.05, 0) is 18.6 Å². The van der Waals surface area contributed by atoms with E-state index in [-0.39, 0.29) is 10.7 Å². The van der Waals surface area contributed by atoms with Crippen LogP contribution in [0.25, 0.3) is 0 Å². The van der Waals surface area contributed by atoms with Gasteiger partial charge in [0.05, 0.1) is 5.02 Å². The van der Waals surface area contributed by atoms with E-state index in [9.17, 15) is 4.79 Å². The molecule has 0 radical (unpaired) electrons. The van der Waals surface area contributed by atoms with Crippen LogP contribution in [0.5, 0.6) is 0 Å². The van der Waals surface area contributed by atoms with Crippen LogP contribution in [0, 0.1) is 0 Å². The lowest BCUT2D eigenvalue weighted by Gasteiger charge is -2.06. The molecule has 1 aromatic heterocycles. The number of aromatic carboxylic acids is 1. The quantitative estimate of drug-likeness (QED) is 0.748. The van der Waals surface area contributed by atoms with Crippen molar-refractivity contribution in [3.63, 3.8) is 0 Å². The number of pyridine rings is 1. The van der Waals surface area contributed by atoms with Gasteiger partial charge in [-0.1, -0.05) is 11.6 Å². The summed E-state index contributed by atoms with van der Waals surface area (Å²) in [4.78, 5) is 14.6. The highest BCUT2D eigenvalue weighted by Gasteiger charge is 2.10. The third-order valence-corrected chi connectivity index (χ3v) is 2.18. The molecule has 16 heavy (non-hydrogen) atoms. The molecular formula is C10H13ClN2O3. The molecule has 0 amide bonds. The van der Waals surface area contributed by atoms with Crippen molar-refractivity contribution in [2.24, 2.45) is 0 Å². The zero-order chi connectivity index (χ0) is 12.0. The number of methoxy groups -OCH3 is 1. The molecule has 0 saturated carbocycles. The van der Waals surface area contributed by atoms with E-state index in [1.54, 1.807) is 13.2 Å². The first-order chi connectivity index (χ1) is 7.65. The highest BCUT2D eigenvalue weighted by atomic mass is 35.5. The Hall–Kier alpha value is -1.33. The minimum Gasteiger partial charge on any atom is -0.476 e. The minimum absolute atomic E-state index is 0.134. The van der Waals surface area contributed by atoms with E-state index >= 15 is 0 Å². The number of hydrogen-bond donors (Lipinski definition) is 2. The average molecular weight is 245 g/mol. The first-order valence-electron chi connectivity index (χ1n) is 4.78. The van der Waals surface area contributed by atoms with Crippen molar-refractivity contribution in [3.8, 4) is 0 Å². The van der Waals surface area contributed by atoms with Crippen LogP contribution in [0.4, 0.5) is 5.82 Å². The lowest BCUT2D eigenvalue weighted by atomic mass is 10.3. The first-order valence-corrected chi connectivity index (χ1v) is 5.15. The molecule has 5 nitrogen and oxygen atoms in total. The number of rotatable bonds is 6. The van der Waals surface area contributed by atoms with Crippen LogP contribution >= 0.6 is 11.6 Å². The molecule has 0 unspecified atom stereocenters. The molecule has 1 heterocycles. The number of anilines is 1. The summed E-state index contributed by atoms with van der Waals surface area (Å²) in [5.41, 5.74) is -0.140. The van der Waals surface area contributed by atoms with E-state index in [1.165, 1.54) is 6.07 Å². The van der Waals surface area contributed by atoms with Gasteiger partial charge in [0.15, 0.2) is 5.69 Å². The Morgan fingerprint density at radius 3 is 3.00 bits per heavy atom. The second-order valence-corrected chi connectivity index (χ2v) is 3.51. The molecule has 0 bridgehead atoms. The van der Waals surface area contributed by atoms with Crippen molar-refractivity contribution in [2.45, 2.75) is 6.42 Å². The molecule has 0 spiro atoms. The molecule has 88 valence electrons. The van der Waals surface area contributed by atoms with Crippen LogP contribution in [-0.4, -0.2) is 36.3 Å². The Labute approximate surface area is 98.4 Å². The topological polar surface area (TPSA) is 71.5 Å². The first kappa shape index (κ1) is 12.7. The Morgan fingerprint density at radius 1 is 1.62 bits per heavy atom. The summed E-state index contributed by atoms with van der Waals surface area (Å²) in [5, 5.41) is 11.9. The minimum atomic E-state index is -1.13. The third kappa shape index (κ3) is 3.67. The molecule has 0 saturated heterocycles. The molecule has 0 aliphatic rings. The van der Waals surface area contributed by atoms with E-state index < -0.39 is 5.97 Å². The summed E-state index contributed by atoms with van der Waals surface area (Å²) in [7, 11) is 1.63. The summed E-state index contributed by atoms with van der Waals surface area (Å²) in [6.45, 7) is 1.31. The number of ether oxygens (including phenoxy) is 1. The standard InChI is InChI=1S/C10H13ClN2O3/c1-16-6-2-5-12-8-4-3-7(11)9(13-8)10(14)15/h3-4H,2,5-6H2,1H3,(H,12,13)(H,14,15). The maximum Gasteiger partial charge on any atom is 0.356 e. The number of aromatic nitrogens is 1. The average Bonchev–Trinajstić information content (AvgIpc) is 2.26. The zero-order valence-corrected chi connectivity index (χ0v) is 9.62. The van der Waals surface area contributed by atoms with Gasteiger partial charge in [0.25, 0.3) is 0 Å². The molecule has 0 aliphatic carbocycles. The number of hydrogen-bond acceptors (Lipinski definition) is 4. The maximum atomic E-state index is 10.8. The Kier molecular flexibility index (Phi) is 5.01. The molecule has 2 N–H and O–H groups in total. The number of nitrogens with zero attached hydrogens (tertiary/aromatic N) is 1. The summed E-state index contributed by atoms with van der Waals surface area (Å²) >= 11 is 5.68. The lowest BCUT2D eigenvalue weighted by Crippen LogP contribution is -2.09. The van der Waals surface area contributed by atoms with Gasteiger partial charge >= 0.3 is 5.97 Å². The number of halogens is 1. The second-order valence-electron chi connectivity index (χ2n) is 3.11. The molecule has 0 atom stereocenters. The lowest BCUT2D eigenvalue weighted by molar-refractivity contribution is 0.0691. The van der Waals surface area contributed by atoms with Gasteiger partial charge in [0.2, 0.25) is 0 Å². The Morgan fingerprint density at radius 2 is 2.38 bits per heavy atom. The van der Waals surface area contributed by atoms with Gasteiger partial charge in [-0.25, -0.2) is 9.78 Å². The fraction of sp³-hybridized carbons (Fsp3) is 0.400. The predicted molar refractivity (Wildman–Crippen MR) is 61.2 cm³/mol. The number of carboxylic acid groups (broad SMARTS) is 1. The molecular weight excluding hydrogens is 232 g/mol. The fourth-order valence-corrected chi connectivity index (χ4v) is 1.31. The van der Waals surface area contributed by atoms with Crippen LogP contribution in [0.1, 0.15) is 16.9 Å². The highest BCUT2D eigenvalue weighted by molar-refractivity contribution is 6.33. The van der Waals surface area contributed by atoms with Crippen LogP contribution in [0.2, 0.25) is 5.02 Å². The van der Waals surface area contributed by atoms with Gasteiger partial charge in [-0.3, -0.25) is 0 Å². The van der Waals surface area contributed by atoms with Crippen LogP contribution < -0.4 is 5.32 Å². The molecule has 0 aliphatic heterocycles. The van der Waals surface area contributed by atoms with E-state index in [4.69, 9.17) is 21.4 Å². The Balaban J connectivity index is 2.61. The van der Waals surface area contributed by atoms with Crippen LogP contribution in [-0.2, 0) is 4.74 Å². The highest BCUT2D eigenvalue weighted by Crippen LogP contribution is 2.16. The monoisotopic (exact) mass is 244 g/mol. The van der Waals surface area contributed by atoms with Gasteiger partial charge in [-0.2, -0.15) is 0 Å². The Bertz CT molecular complexity index is 371. The number of nitrogens with one attached hydrogen (secondary N) is 1. The van der Waals surface area contributed by atoms with E-state index in [0.717, 1.165) is 6.42 Å². The summed E-state index contributed by atoms with van der Waals surface area (Å²) in [6, 6.07) is 3.15. The smallest absolute Gasteiger partial charge is 0.356 e. The molecule has 1 aromatic rings. The van der Waals surface area contributed by atoms with Gasteiger partial charge < -0.3 is 15.2 Å². The summed E-state index contributed by atoms with van der Waals surface area (Å²) in [6.07, 6.45) is 0.823. The number of carbonyl (C=O) groups is 1. The van der Waals surface area contributed by atoms with Crippen molar-refractivity contribution in [2.75, 3.05) is 25.6 Å². The van der Waals surface area contributed by atoms with E-state index in [2.05, 4.69) is 10.3 Å². The van der Waals surface area contributed by atoms with Crippen LogP contribution in [0.3, 0.4) is 0 Å². The third-order valence-electron chi connectivity index (χ3n) is 1.88. The fourth-order valence-electron chi connectivity index (χ4n) is 1.12. The molecule has 0 fully saturated rings. The molecule has 1 rings (SSSR count). The van der Waals surface area contributed by atoms with E-state index in [1.807, 2.05) is 0 Å². The normalized spacial score (nSPS) is 10.1. The van der Waals surface area contributed by atoms with Crippen molar-refractivity contribution in [1.29, 1.82) is 0 Å². The van der Waals surface area contributed by atoms with E-state index in [0.29, 0.717) is 19.0 Å². The van der Waals surface area contributed by atoms with Crippen molar-refractivity contribution < 1.29 is 14.6 Å². The van der Waals surface area contributed by atoms with Crippen molar-refractivity contribution in [1.82, 2.24) is 4.98 Å². The number of carboxylic acids is 1. The summed E-state index contributed by atoms with van der Waals surface area (Å²) < 4.78 is 4.89. The predicted octanol–water partition coefficient (Wildman–Crippen LogP) is 1.88. The van der Waals surface area contributed by atoms with Gasteiger partial charge in [0, 0.05) is 20.3 Å². The summed E-state index contributed by atoms with van der Waals surface area (Å²) in [5.74, 6) is -0.636. The van der Waals surface area contributed by atoms with Crippen molar-refractivity contribution in [3.05, 3.63) is 22.8 Å². The van der Waals surface area contributed by atoms with Crippen molar-refractivity contribution >= 4 is 23.4 Å².